The van der Waals surface area contributed by atoms with Crippen LogP contribution in [-0.2, 0) is 16.1 Å². The normalized spacial score (nSPS) is 23.4. The number of anilines is 1. The first-order valence-corrected chi connectivity index (χ1v) is 10.2. The molecule has 4 amide bonds. The highest BCUT2D eigenvalue weighted by molar-refractivity contribution is 6.17. The summed E-state index contributed by atoms with van der Waals surface area (Å²) < 4.78 is 5.32. The van der Waals surface area contributed by atoms with Crippen molar-refractivity contribution in [1.29, 1.82) is 0 Å². The summed E-state index contributed by atoms with van der Waals surface area (Å²) in [5.41, 5.74) is 1.47. The number of imide groups is 1. The van der Waals surface area contributed by atoms with Gasteiger partial charge in [-0.05, 0) is 37.5 Å². The highest BCUT2D eigenvalue weighted by atomic mass is 16.5. The summed E-state index contributed by atoms with van der Waals surface area (Å²) in [6, 6.07) is 15.7. The molecule has 2 aromatic carbocycles. The molecule has 7 nitrogen and oxygen atoms in total. The van der Waals surface area contributed by atoms with Gasteiger partial charge in [0, 0.05) is 24.1 Å². The lowest BCUT2D eigenvalue weighted by Gasteiger charge is -2.41. The number of urea groups is 1. The van der Waals surface area contributed by atoms with Crippen LogP contribution in [0.1, 0.15) is 24.8 Å². The van der Waals surface area contributed by atoms with Gasteiger partial charge < -0.3 is 15.4 Å². The molecule has 3 unspecified atom stereocenters. The van der Waals surface area contributed by atoms with Crippen LogP contribution in [0.15, 0.2) is 54.6 Å². The Kier molecular flexibility index (Phi) is 5.70. The highest BCUT2D eigenvalue weighted by Crippen LogP contribution is 2.34. The molecule has 4 rings (SSSR count). The Bertz CT molecular complexity index is 946. The number of hydrogen-bond donors (Lipinski definition) is 2. The fraction of sp³-hybridized carbons (Fsp3) is 0.348. The third-order valence-electron chi connectivity index (χ3n) is 5.93. The monoisotopic (exact) mass is 407 g/mol. The van der Waals surface area contributed by atoms with Crippen molar-refractivity contribution in [2.24, 2.45) is 11.8 Å². The number of fused-ring (bicyclic) bond motifs is 1. The Balaban J connectivity index is 1.39. The van der Waals surface area contributed by atoms with E-state index in [1.165, 1.54) is 4.90 Å². The summed E-state index contributed by atoms with van der Waals surface area (Å²) in [4.78, 5) is 39.5. The minimum absolute atomic E-state index is 0.0634. The number of carbonyl (C=O) groups is 3. The summed E-state index contributed by atoms with van der Waals surface area (Å²) in [7, 11) is 1.60. The van der Waals surface area contributed by atoms with Crippen molar-refractivity contribution in [2.75, 3.05) is 12.0 Å². The largest absolute Gasteiger partial charge is 0.496 e. The summed E-state index contributed by atoms with van der Waals surface area (Å²) in [5.74, 6) is -0.0690. The van der Waals surface area contributed by atoms with Crippen LogP contribution in [0.4, 0.5) is 10.5 Å². The van der Waals surface area contributed by atoms with E-state index in [9.17, 15) is 14.4 Å². The minimum Gasteiger partial charge on any atom is -0.496 e. The van der Waals surface area contributed by atoms with E-state index in [-0.39, 0.29) is 29.7 Å². The van der Waals surface area contributed by atoms with E-state index in [1.807, 2.05) is 30.3 Å². The van der Waals surface area contributed by atoms with Crippen molar-refractivity contribution in [3.05, 3.63) is 60.2 Å². The zero-order chi connectivity index (χ0) is 21.1. The topological polar surface area (TPSA) is 87.7 Å². The van der Waals surface area contributed by atoms with Gasteiger partial charge in [0.25, 0.3) is 0 Å². The number of nitrogens with zero attached hydrogens (tertiary/aromatic N) is 1. The van der Waals surface area contributed by atoms with Crippen molar-refractivity contribution in [3.8, 4) is 5.75 Å². The summed E-state index contributed by atoms with van der Waals surface area (Å²) in [6.07, 6.45) is 1.64. The molecule has 0 radical (unpaired) electrons. The first-order valence-electron chi connectivity index (χ1n) is 10.2. The van der Waals surface area contributed by atoms with Gasteiger partial charge in [0.2, 0.25) is 11.8 Å². The van der Waals surface area contributed by atoms with Gasteiger partial charge in [-0.1, -0.05) is 36.4 Å². The summed E-state index contributed by atoms with van der Waals surface area (Å²) in [5, 5.41) is 5.91. The van der Waals surface area contributed by atoms with Crippen molar-refractivity contribution in [2.45, 2.75) is 31.8 Å². The molecule has 0 aromatic heterocycles. The molecule has 2 fully saturated rings. The molecule has 0 spiro atoms. The minimum atomic E-state index is -0.428. The van der Waals surface area contributed by atoms with Crippen LogP contribution >= 0.6 is 0 Å². The van der Waals surface area contributed by atoms with Crippen LogP contribution in [0, 0.1) is 11.8 Å². The summed E-state index contributed by atoms with van der Waals surface area (Å²) >= 11 is 0. The molecular weight excluding hydrogens is 382 g/mol. The molecule has 1 aliphatic carbocycles. The third kappa shape index (κ3) is 3.87. The Morgan fingerprint density at radius 1 is 1.10 bits per heavy atom. The lowest BCUT2D eigenvalue weighted by Crippen LogP contribution is -2.62. The first kappa shape index (κ1) is 19.9. The Morgan fingerprint density at radius 2 is 1.83 bits per heavy atom. The Morgan fingerprint density at radius 3 is 2.60 bits per heavy atom. The quantitative estimate of drug-likeness (QED) is 0.798. The van der Waals surface area contributed by atoms with Crippen molar-refractivity contribution < 1.29 is 19.1 Å². The van der Waals surface area contributed by atoms with Gasteiger partial charge in [-0.25, -0.2) is 9.69 Å². The number of methoxy groups -OCH3 is 1. The van der Waals surface area contributed by atoms with Crippen LogP contribution in [0.2, 0.25) is 0 Å². The zero-order valence-electron chi connectivity index (χ0n) is 16.8. The molecule has 1 aliphatic heterocycles. The second-order valence-electron chi connectivity index (χ2n) is 7.71. The van der Waals surface area contributed by atoms with Crippen LogP contribution < -0.4 is 20.3 Å². The molecule has 1 saturated heterocycles. The molecule has 3 atom stereocenters. The number of para-hydroxylation sites is 2. The number of amides is 4. The van der Waals surface area contributed by atoms with Crippen LogP contribution in [0.5, 0.6) is 5.75 Å². The number of ether oxygens (including phenoxy) is 1. The molecule has 156 valence electrons. The molecule has 0 bridgehead atoms. The van der Waals surface area contributed by atoms with Crippen LogP contribution in [0.25, 0.3) is 0 Å². The van der Waals surface area contributed by atoms with Crippen LogP contribution in [0.3, 0.4) is 0 Å². The van der Waals surface area contributed by atoms with E-state index in [1.54, 1.807) is 31.4 Å². The number of rotatable bonds is 5. The van der Waals surface area contributed by atoms with E-state index in [0.29, 0.717) is 31.5 Å². The number of carbonyl (C=O) groups excluding carboxylic acids is 3. The molecule has 1 saturated carbocycles. The third-order valence-corrected chi connectivity index (χ3v) is 5.93. The fourth-order valence-electron chi connectivity index (χ4n) is 4.35. The maximum absolute atomic E-state index is 13.0. The van der Waals surface area contributed by atoms with Crippen molar-refractivity contribution >= 4 is 23.5 Å². The van der Waals surface area contributed by atoms with Gasteiger partial charge in [0.05, 0.1) is 18.7 Å². The molecule has 7 heteroatoms. The number of hydrogen-bond acceptors (Lipinski definition) is 4. The first-order chi connectivity index (χ1) is 14.6. The second-order valence-corrected chi connectivity index (χ2v) is 7.71. The van der Waals surface area contributed by atoms with Gasteiger partial charge in [-0.3, -0.25) is 9.59 Å². The van der Waals surface area contributed by atoms with Gasteiger partial charge in [-0.2, -0.15) is 0 Å². The Hall–Kier alpha value is -3.35. The van der Waals surface area contributed by atoms with Crippen LogP contribution in [-0.4, -0.2) is 31.0 Å². The standard InChI is InChI=1S/C23H25N3O4/c1-30-20-10-6-5-7-16(20)14-24-21(27)15-11-12-18-19(13-15)25-23(29)26(22(18)28)17-8-3-2-4-9-17/h2-10,15,18-19H,11-14H2,1H3,(H,24,27)(H,25,29). The predicted molar refractivity (Wildman–Crippen MR) is 112 cm³/mol. The zero-order valence-corrected chi connectivity index (χ0v) is 16.8. The SMILES string of the molecule is COc1ccccc1CNC(=O)C1CCC2C(=O)N(c3ccccc3)C(=O)NC2C1. The smallest absolute Gasteiger partial charge is 0.328 e. The highest BCUT2D eigenvalue weighted by Gasteiger charge is 2.45. The van der Waals surface area contributed by atoms with E-state index in [4.69, 9.17) is 4.74 Å². The molecule has 1 heterocycles. The van der Waals surface area contributed by atoms with E-state index in [2.05, 4.69) is 10.6 Å². The average molecular weight is 407 g/mol. The maximum Gasteiger partial charge on any atom is 0.328 e. The average Bonchev–Trinajstić information content (AvgIpc) is 2.78. The predicted octanol–water partition coefficient (Wildman–Crippen LogP) is 2.85. The Labute approximate surface area is 175 Å². The summed E-state index contributed by atoms with van der Waals surface area (Å²) in [6.45, 7) is 0.376. The van der Waals surface area contributed by atoms with Gasteiger partial charge in [0.15, 0.2) is 0 Å². The van der Waals surface area contributed by atoms with Gasteiger partial charge in [-0.15, -0.1) is 0 Å². The lowest BCUT2D eigenvalue weighted by atomic mass is 9.76. The van der Waals surface area contributed by atoms with Gasteiger partial charge >= 0.3 is 6.03 Å². The molecule has 30 heavy (non-hydrogen) atoms. The molecule has 2 N–H and O–H groups in total. The molecular formula is C23H25N3O4. The fourth-order valence-corrected chi connectivity index (χ4v) is 4.35. The van der Waals surface area contributed by atoms with E-state index < -0.39 is 6.03 Å². The molecule has 2 aromatic rings. The van der Waals surface area contributed by atoms with E-state index in [0.717, 1.165) is 11.3 Å². The lowest BCUT2D eigenvalue weighted by molar-refractivity contribution is -0.130. The second kappa shape index (κ2) is 8.57. The number of benzene rings is 2. The number of nitrogens with one attached hydrogen (secondary N) is 2. The van der Waals surface area contributed by atoms with Crippen molar-refractivity contribution in [3.63, 3.8) is 0 Å². The van der Waals surface area contributed by atoms with Gasteiger partial charge in [0.1, 0.15) is 5.75 Å². The maximum atomic E-state index is 13.0. The molecule has 2 aliphatic rings. The van der Waals surface area contributed by atoms with E-state index >= 15 is 0 Å². The van der Waals surface area contributed by atoms with Crippen molar-refractivity contribution in [1.82, 2.24) is 10.6 Å².